The van der Waals surface area contributed by atoms with E-state index in [1.807, 2.05) is 32.9 Å². The lowest BCUT2D eigenvalue weighted by Gasteiger charge is -2.57. The van der Waals surface area contributed by atoms with E-state index >= 15 is 0 Å². The molecule has 7 heteroatoms. The van der Waals surface area contributed by atoms with E-state index in [4.69, 9.17) is 10.5 Å². The van der Waals surface area contributed by atoms with Crippen molar-refractivity contribution in [3.05, 3.63) is 23.8 Å². The summed E-state index contributed by atoms with van der Waals surface area (Å²) in [6.45, 7) is 6.47. The normalized spacial score (nSPS) is 26.6. The highest BCUT2D eigenvalue weighted by atomic mass is 35.5. The van der Waals surface area contributed by atoms with E-state index in [-0.39, 0.29) is 30.3 Å². The Morgan fingerprint density at radius 2 is 2.12 bits per heavy atom. The number of hydrogen-bond acceptors (Lipinski definition) is 4. The monoisotopic (exact) mass is 367 g/mol. The lowest BCUT2D eigenvalue weighted by molar-refractivity contribution is -0.166. The summed E-state index contributed by atoms with van der Waals surface area (Å²) in [5, 5.41) is 5.74. The number of anilines is 2. The molecule has 4 N–H and O–H groups in total. The highest BCUT2D eigenvalue weighted by Gasteiger charge is 2.62. The topological polar surface area (TPSA) is 93.4 Å². The lowest BCUT2D eigenvalue weighted by Crippen LogP contribution is -2.74. The van der Waals surface area contributed by atoms with E-state index in [9.17, 15) is 9.59 Å². The first-order valence-corrected chi connectivity index (χ1v) is 8.42. The molecule has 1 aromatic rings. The van der Waals surface area contributed by atoms with E-state index in [1.54, 1.807) is 6.07 Å². The SMILES string of the molecule is CCOC1CC(N)(C(=O)Nc2ccc3c(c2)NC(=O)CC3)C1(C)C.Cl. The van der Waals surface area contributed by atoms with Gasteiger partial charge in [-0.25, -0.2) is 0 Å². The number of halogens is 1. The van der Waals surface area contributed by atoms with Crippen LogP contribution in [0, 0.1) is 5.41 Å². The maximum Gasteiger partial charge on any atom is 0.245 e. The van der Waals surface area contributed by atoms with E-state index in [0.29, 0.717) is 25.1 Å². The summed E-state index contributed by atoms with van der Waals surface area (Å²) in [7, 11) is 0. The summed E-state index contributed by atoms with van der Waals surface area (Å²) in [4.78, 5) is 24.3. The Balaban J connectivity index is 0.00000225. The van der Waals surface area contributed by atoms with Gasteiger partial charge in [0.05, 0.1) is 6.10 Å². The molecule has 1 heterocycles. The Hall–Kier alpha value is -1.63. The molecule has 0 spiro atoms. The summed E-state index contributed by atoms with van der Waals surface area (Å²) in [6.07, 6.45) is 1.71. The van der Waals surface area contributed by atoms with Crippen molar-refractivity contribution in [1.29, 1.82) is 0 Å². The zero-order valence-electron chi connectivity index (χ0n) is 14.8. The largest absolute Gasteiger partial charge is 0.378 e. The smallest absolute Gasteiger partial charge is 0.245 e. The van der Waals surface area contributed by atoms with Crippen molar-refractivity contribution >= 4 is 35.6 Å². The van der Waals surface area contributed by atoms with Crippen molar-refractivity contribution < 1.29 is 14.3 Å². The van der Waals surface area contributed by atoms with Crippen molar-refractivity contribution in [1.82, 2.24) is 0 Å². The van der Waals surface area contributed by atoms with Gasteiger partial charge in [-0.1, -0.05) is 19.9 Å². The first-order chi connectivity index (χ1) is 11.3. The first kappa shape index (κ1) is 19.7. The van der Waals surface area contributed by atoms with Crippen LogP contribution in [0.25, 0.3) is 0 Å². The van der Waals surface area contributed by atoms with E-state index < -0.39 is 11.0 Å². The predicted molar refractivity (Wildman–Crippen MR) is 100 cm³/mol. The summed E-state index contributed by atoms with van der Waals surface area (Å²) in [6, 6.07) is 5.57. The molecule has 2 aliphatic rings. The molecule has 1 saturated carbocycles. The number of ether oxygens (including phenoxy) is 1. The molecule has 2 unspecified atom stereocenters. The third-order valence-corrected chi connectivity index (χ3v) is 5.50. The van der Waals surface area contributed by atoms with Crippen molar-refractivity contribution in [3.63, 3.8) is 0 Å². The van der Waals surface area contributed by atoms with Gasteiger partial charge in [0.25, 0.3) is 0 Å². The number of nitrogens with one attached hydrogen (secondary N) is 2. The Labute approximate surface area is 154 Å². The Bertz CT molecular complexity index is 692. The van der Waals surface area contributed by atoms with Gasteiger partial charge < -0.3 is 21.1 Å². The second-order valence-corrected chi connectivity index (χ2v) is 7.22. The summed E-state index contributed by atoms with van der Waals surface area (Å²) >= 11 is 0. The zero-order valence-corrected chi connectivity index (χ0v) is 15.7. The minimum absolute atomic E-state index is 0. The molecular weight excluding hydrogens is 342 g/mol. The molecule has 1 aliphatic heterocycles. The number of benzene rings is 1. The molecule has 1 aliphatic carbocycles. The molecule has 3 rings (SSSR count). The van der Waals surface area contributed by atoms with E-state index in [1.165, 1.54) is 0 Å². The fraction of sp³-hybridized carbons (Fsp3) is 0.556. The van der Waals surface area contributed by atoms with Crippen LogP contribution in [0.1, 0.15) is 39.2 Å². The van der Waals surface area contributed by atoms with Gasteiger partial charge in [-0.15, -0.1) is 12.4 Å². The Morgan fingerprint density at radius 3 is 2.76 bits per heavy atom. The minimum atomic E-state index is -0.966. The van der Waals surface area contributed by atoms with Gasteiger partial charge >= 0.3 is 0 Å². The maximum atomic E-state index is 12.7. The van der Waals surface area contributed by atoms with Crippen molar-refractivity contribution in [3.8, 4) is 0 Å². The number of rotatable bonds is 4. The van der Waals surface area contributed by atoms with Crippen molar-refractivity contribution in [2.24, 2.45) is 11.1 Å². The average molecular weight is 368 g/mol. The van der Waals surface area contributed by atoms with Crippen LogP contribution in [0.3, 0.4) is 0 Å². The molecule has 0 bridgehead atoms. The van der Waals surface area contributed by atoms with Gasteiger partial charge in [0, 0.05) is 36.2 Å². The van der Waals surface area contributed by atoms with Crippen LogP contribution in [0.4, 0.5) is 11.4 Å². The molecule has 2 atom stereocenters. The lowest BCUT2D eigenvalue weighted by atomic mass is 9.54. The molecule has 0 saturated heterocycles. The summed E-state index contributed by atoms with van der Waals surface area (Å²) in [5.74, 6) is -0.216. The van der Waals surface area contributed by atoms with Crippen LogP contribution in [0.5, 0.6) is 0 Å². The summed E-state index contributed by atoms with van der Waals surface area (Å²) in [5.41, 5.74) is 7.47. The Morgan fingerprint density at radius 1 is 1.40 bits per heavy atom. The van der Waals surface area contributed by atoms with Crippen LogP contribution in [-0.4, -0.2) is 30.1 Å². The zero-order chi connectivity index (χ0) is 17.5. The third kappa shape index (κ3) is 3.26. The van der Waals surface area contributed by atoms with Crippen LogP contribution in [-0.2, 0) is 20.7 Å². The number of aryl methyl sites for hydroxylation is 1. The quantitative estimate of drug-likeness (QED) is 0.762. The van der Waals surface area contributed by atoms with Crippen molar-refractivity contribution in [2.45, 2.75) is 51.7 Å². The molecule has 2 amide bonds. The van der Waals surface area contributed by atoms with Gasteiger partial charge in [-0.2, -0.15) is 0 Å². The molecule has 6 nitrogen and oxygen atoms in total. The van der Waals surface area contributed by atoms with Gasteiger partial charge in [0.2, 0.25) is 11.8 Å². The second-order valence-electron chi connectivity index (χ2n) is 7.22. The van der Waals surface area contributed by atoms with Crippen LogP contribution in [0.2, 0.25) is 0 Å². The number of amides is 2. The fourth-order valence-electron chi connectivity index (χ4n) is 3.51. The van der Waals surface area contributed by atoms with Gasteiger partial charge in [0.15, 0.2) is 0 Å². The number of carbonyl (C=O) groups is 2. The molecule has 138 valence electrons. The molecule has 0 radical (unpaired) electrons. The second kappa shape index (κ2) is 6.94. The maximum absolute atomic E-state index is 12.7. The number of nitrogens with two attached hydrogens (primary N) is 1. The van der Waals surface area contributed by atoms with Crippen LogP contribution >= 0.6 is 12.4 Å². The predicted octanol–water partition coefficient (Wildman–Crippen LogP) is 2.46. The minimum Gasteiger partial charge on any atom is -0.378 e. The van der Waals surface area contributed by atoms with E-state index in [2.05, 4.69) is 10.6 Å². The molecule has 1 aromatic carbocycles. The highest BCUT2D eigenvalue weighted by molar-refractivity contribution is 6.01. The fourth-order valence-corrected chi connectivity index (χ4v) is 3.51. The van der Waals surface area contributed by atoms with Gasteiger partial charge in [-0.05, 0) is 31.0 Å². The number of carbonyl (C=O) groups excluding carboxylic acids is 2. The number of hydrogen-bond donors (Lipinski definition) is 3. The standard InChI is InChI=1S/C18H25N3O3.ClH/c1-4-24-14-10-18(19,17(14,2)3)16(23)20-12-7-5-11-6-8-15(22)21-13(11)9-12;/h5,7,9,14H,4,6,8,10,19H2,1-3H3,(H,20,23)(H,21,22);1H. The molecule has 0 aromatic heterocycles. The molecular formula is C18H26ClN3O3. The summed E-state index contributed by atoms with van der Waals surface area (Å²) < 4.78 is 5.67. The molecule has 25 heavy (non-hydrogen) atoms. The van der Waals surface area contributed by atoms with Crippen molar-refractivity contribution in [2.75, 3.05) is 17.2 Å². The van der Waals surface area contributed by atoms with Crippen LogP contribution < -0.4 is 16.4 Å². The first-order valence-electron chi connectivity index (χ1n) is 8.42. The Kier molecular flexibility index (Phi) is 5.47. The number of fused-ring (bicyclic) bond motifs is 1. The highest BCUT2D eigenvalue weighted by Crippen LogP contribution is 2.50. The van der Waals surface area contributed by atoms with Crippen LogP contribution in [0.15, 0.2) is 18.2 Å². The van der Waals surface area contributed by atoms with E-state index in [0.717, 1.165) is 17.7 Å². The van der Waals surface area contributed by atoms with Gasteiger partial charge in [0.1, 0.15) is 5.54 Å². The molecule has 1 fully saturated rings. The average Bonchev–Trinajstić information content (AvgIpc) is 2.54. The van der Waals surface area contributed by atoms with Gasteiger partial charge in [-0.3, -0.25) is 9.59 Å². The third-order valence-electron chi connectivity index (χ3n) is 5.50.